The van der Waals surface area contributed by atoms with Crippen molar-refractivity contribution >= 4 is 5.91 Å². The van der Waals surface area contributed by atoms with Gasteiger partial charge in [-0.3, -0.25) is 14.8 Å². The highest BCUT2D eigenvalue weighted by atomic mass is 19.1. The second-order valence-corrected chi connectivity index (χ2v) is 7.65. The van der Waals surface area contributed by atoms with Crippen LogP contribution in [0.5, 0.6) is 5.75 Å². The summed E-state index contributed by atoms with van der Waals surface area (Å²) in [4.78, 5) is 21.0. The minimum absolute atomic E-state index is 0.121. The van der Waals surface area contributed by atoms with Crippen molar-refractivity contribution in [2.45, 2.75) is 12.5 Å². The number of nitrogens with one attached hydrogen (secondary N) is 1. The summed E-state index contributed by atoms with van der Waals surface area (Å²) in [5.74, 6) is 0.405. The number of fused-ring (bicyclic) bond motifs is 1. The summed E-state index contributed by atoms with van der Waals surface area (Å²) in [6, 6.07) is 19.5. The summed E-state index contributed by atoms with van der Waals surface area (Å²) in [5.41, 5.74) is 5.29. The molecule has 2 heterocycles. The molecule has 0 unspecified atom stereocenters. The zero-order valence-corrected chi connectivity index (χ0v) is 17.2. The lowest BCUT2D eigenvalue weighted by molar-refractivity contribution is 0.0933. The minimum atomic E-state index is -0.272. The quantitative estimate of drug-likeness (QED) is 0.504. The molecule has 1 aliphatic rings. The van der Waals surface area contributed by atoms with E-state index in [1.54, 1.807) is 42.9 Å². The highest BCUT2D eigenvalue weighted by molar-refractivity contribution is 5.94. The van der Waals surface area contributed by atoms with Gasteiger partial charge < -0.3 is 10.1 Å². The molecule has 32 heavy (non-hydrogen) atoms. The molecule has 158 valence electrons. The number of aromatic nitrogens is 2. The summed E-state index contributed by atoms with van der Waals surface area (Å²) in [5, 5.41) is 2.95. The maximum absolute atomic E-state index is 13.1. The number of ether oxygens (including phenoxy) is 1. The Bertz CT molecular complexity index is 1240. The maximum atomic E-state index is 13.1. The first-order valence-corrected chi connectivity index (χ1v) is 10.4. The van der Waals surface area contributed by atoms with Crippen molar-refractivity contribution in [3.8, 4) is 28.1 Å². The van der Waals surface area contributed by atoms with Crippen molar-refractivity contribution in [1.29, 1.82) is 0 Å². The molecular weight excluding hydrogens is 405 g/mol. The van der Waals surface area contributed by atoms with Gasteiger partial charge in [0, 0.05) is 29.9 Å². The number of carbonyl (C=O) groups excluding carboxylic acids is 1. The average Bonchev–Trinajstić information content (AvgIpc) is 3.26. The second-order valence-electron chi connectivity index (χ2n) is 7.65. The van der Waals surface area contributed by atoms with Crippen LogP contribution in [0.15, 0.2) is 85.3 Å². The fourth-order valence-electron chi connectivity index (χ4n) is 3.81. The lowest BCUT2D eigenvalue weighted by Gasteiger charge is -2.12. The van der Waals surface area contributed by atoms with Crippen LogP contribution in [0.3, 0.4) is 0 Å². The zero-order chi connectivity index (χ0) is 21.9. The van der Waals surface area contributed by atoms with Crippen LogP contribution >= 0.6 is 0 Å². The van der Waals surface area contributed by atoms with Crippen LogP contribution in [-0.4, -0.2) is 28.5 Å². The van der Waals surface area contributed by atoms with E-state index >= 15 is 0 Å². The number of nitrogens with zero attached hydrogens (tertiary/aromatic N) is 2. The molecule has 0 saturated heterocycles. The topological polar surface area (TPSA) is 64.1 Å². The second kappa shape index (κ2) is 8.59. The van der Waals surface area contributed by atoms with Crippen molar-refractivity contribution in [1.82, 2.24) is 15.3 Å². The van der Waals surface area contributed by atoms with Crippen LogP contribution in [0.2, 0.25) is 0 Å². The summed E-state index contributed by atoms with van der Waals surface area (Å²) in [7, 11) is 0. The molecule has 1 amide bonds. The van der Waals surface area contributed by atoms with Crippen molar-refractivity contribution in [3.63, 3.8) is 0 Å². The van der Waals surface area contributed by atoms with E-state index in [0.29, 0.717) is 18.5 Å². The van der Waals surface area contributed by atoms with Crippen LogP contribution in [0, 0.1) is 5.82 Å². The Hall–Kier alpha value is -4.06. The molecule has 3 aromatic carbocycles. The molecule has 0 spiro atoms. The van der Waals surface area contributed by atoms with E-state index in [9.17, 15) is 9.18 Å². The van der Waals surface area contributed by atoms with Gasteiger partial charge in [-0.15, -0.1) is 0 Å². The lowest BCUT2D eigenvalue weighted by atomic mass is 10.0. The molecule has 0 radical (unpaired) electrons. The normalized spacial score (nSPS) is 14.5. The van der Waals surface area contributed by atoms with Crippen LogP contribution in [0.1, 0.15) is 15.9 Å². The van der Waals surface area contributed by atoms with Crippen LogP contribution in [0.4, 0.5) is 4.39 Å². The summed E-state index contributed by atoms with van der Waals surface area (Å²) >= 11 is 0. The Morgan fingerprint density at radius 2 is 1.69 bits per heavy atom. The van der Waals surface area contributed by atoms with Crippen molar-refractivity contribution in [2.24, 2.45) is 0 Å². The molecule has 1 aromatic heterocycles. The number of rotatable bonds is 5. The smallest absolute Gasteiger partial charge is 0.251 e. The lowest BCUT2D eigenvalue weighted by Crippen LogP contribution is -2.34. The molecular formula is C26H20FN3O2. The largest absolute Gasteiger partial charge is 0.488 e. The van der Waals surface area contributed by atoms with Gasteiger partial charge in [0.15, 0.2) is 0 Å². The van der Waals surface area contributed by atoms with E-state index in [2.05, 4.69) is 21.4 Å². The Morgan fingerprint density at radius 1 is 0.969 bits per heavy atom. The molecule has 6 heteroatoms. The van der Waals surface area contributed by atoms with Gasteiger partial charge in [-0.1, -0.05) is 24.3 Å². The third-order valence-electron chi connectivity index (χ3n) is 5.48. The number of hydrogen-bond acceptors (Lipinski definition) is 4. The van der Waals surface area contributed by atoms with Gasteiger partial charge in [0.25, 0.3) is 5.91 Å². The molecule has 4 aromatic rings. The van der Waals surface area contributed by atoms with Crippen molar-refractivity contribution in [2.75, 3.05) is 6.54 Å². The zero-order valence-electron chi connectivity index (χ0n) is 17.2. The molecule has 1 aliphatic heterocycles. The first-order chi connectivity index (χ1) is 15.7. The van der Waals surface area contributed by atoms with E-state index < -0.39 is 0 Å². The molecule has 0 bridgehead atoms. The predicted molar refractivity (Wildman–Crippen MR) is 120 cm³/mol. The molecule has 5 nitrogen and oxygen atoms in total. The van der Waals surface area contributed by atoms with Crippen LogP contribution in [-0.2, 0) is 6.42 Å². The Kier molecular flexibility index (Phi) is 5.34. The number of halogens is 1. The van der Waals surface area contributed by atoms with Gasteiger partial charge in [0.1, 0.15) is 17.7 Å². The first kappa shape index (κ1) is 19.9. The molecule has 5 rings (SSSR count). The first-order valence-electron chi connectivity index (χ1n) is 10.4. The Morgan fingerprint density at radius 3 is 2.41 bits per heavy atom. The summed E-state index contributed by atoms with van der Waals surface area (Å²) in [6.07, 6.45) is 5.65. The number of benzene rings is 3. The number of carbonyl (C=O) groups is 1. The number of amides is 1. The predicted octanol–water partition coefficient (Wildman–Crippen LogP) is 4.68. The Balaban J connectivity index is 1.19. The molecule has 1 N–H and O–H groups in total. The third-order valence-corrected chi connectivity index (χ3v) is 5.48. The monoisotopic (exact) mass is 425 g/mol. The summed E-state index contributed by atoms with van der Waals surface area (Å²) in [6.45, 7) is 0.410. The fraction of sp³-hybridized carbons (Fsp3) is 0.115. The minimum Gasteiger partial charge on any atom is -0.488 e. The highest BCUT2D eigenvalue weighted by Gasteiger charge is 2.24. The number of hydrogen-bond donors (Lipinski definition) is 1. The molecule has 0 fully saturated rings. The SMILES string of the molecule is O=C(NC[C@@H]1Cc2cc(-c3cnccn3)ccc2O1)c1ccc(-c2ccc(F)cc2)cc1. The van der Waals surface area contributed by atoms with Crippen LogP contribution in [0.25, 0.3) is 22.4 Å². The van der Waals surface area contributed by atoms with Crippen LogP contribution < -0.4 is 10.1 Å². The van der Waals surface area contributed by atoms with Crippen molar-refractivity contribution in [3.05, 3.63) is 102 Å². The van der Waals surface area contributed by atoms with E-state index in [-0.39, 0.29) is 17.8 Å². The van der Waals surface area contributed by atoms with E-state index in [1.165, 1.54) is 12.1 Å². The Labute approximate surface area is 184 Å². The van der Waals surface area contributed by atoms with Gasteiger partial charge in [0.05, 0.1) is 18.4 Å². The van der Waals surface area contributed by atoms with Gasteiger partial charge in [-0.05, 0) is 59.2 Å². The molecule has 1 atom stereocenters. The molecule has 0 aliphatic carbocycles. The van der Waals surface area contributed by atoms with Gasteiger partial charge >= 0.3 is 0 Å². The maximum Gasteiger partial charge on any atom is 0.251 e. The van der Waals surface area contributed by atoms with E-state index in [0.717, 1.165) is 33.7 Å². The highest BCUT2D eigenvalue weighted by Crippen LogP contribution is 2.32. The summed E-state index contributed by atoms with van der Waals surface area (Å²) < 4.78 is 19.1. The van der Waals surface area contributed by atoms with E-state index in [1.807, 2.05) is 24.3 Å². The third kappa shape index (κ3) is 4.21. The van der Waals surface area contributed by atoms with E-state index in [4.69, 9.17) is 4.74 Å². The fourth-order valence-corrected chi connectivity index (χ4v) is 3.81. The van der Waals surface area contributed by atoms with Gasteiger partial charge in [-0.2, -0.15) is 0 Å². The average molecular weight is 425 g/mol. The molecule has 0 saturated carbocycles. The standard InChI is InChI=1S/C26H20FN3O2/c27-22-8-5-18(6-9-22)17-1-3-19(4-2-17)26(31)30-15-23-14-21-13-20(7-10-25(21)32-23)24-16-28-11-12-29-24/h1-13,16,23H,14-15H2,(H,30,31)/t23-/m0/s1. The van der Waals surface area contributed by atoms with Gasteiger partial charge in [0.2, 0.25) is 0 Å². The van der Waals surface area contributed by atoms with Gasteiger partial charge in [-0.25, -0.2) is 4.39 Å². The van der Waals surface area contributed by atoms with Crippen molar-refractivity contribution < 1.29 is 13.9 Å².